The van der Waals surface area contributed by atoms with Gasteiger partial charge in [-0.05, 0) is 31.5 Å². The Labute approximate surface area is 153 Å². The van der Waals surface area contributed by atoms with Crippen molar-refractivity contribution in [3.8, 4) is 5.75 Å². The Morgan fingerprint density at radius 2 is 1.69 bits per heavy atom. The molecule has 5 heteroatoms. The molecule has 1 amide bonds. The predicted octanol–water partition coefficient (Wildman–Crippen LogP) is 3.32. The predicted molar refractivity (Wildman–Crippen MR) is 101 cm³/mol. The number of carbonyl (C=O) groups excluding carboxylic acids is 1. The Hall–Kier alpha value is -3.08. The topological polar surface area (TPSA) is 56.1 Å². The zero-order valence-corrected chi connectivity index (χ0v) is 15.3. The molecule has 0 saturated carbocycles. The highest BCUT2D eigenvalue weighted by atomic mass is 16.5. The van der Waals surface area contributed by atoms with Crippen molar-refractivity contribution in [3.05, 3.63) is 83.4 Å². The van der Waals surface area contributed by atoms with E-state index in [2.05, 4.69) is 10.3 Å². The molecule has 0 aliphatic heterocycles. The fourth-order valence-electron chi connectivity index (χ4n) is 2.70. The van der Waals surface area contributed by atoms with E-state index in [9.17, 15) is 4.79 Å². The average molecular weight is 349 g/mol. The molecule has 0 bridgehead atoms. The third-order valence-electron chi connectivity index (χ3n) is 4.22. The van der Waals surface area contributed by atoms with Crippen LogP contribution in [0.3, 0.4) is 0 Å². The smallest absolute Gasteiger partial charge is 0.258 e. The van der Waals surface area contributed by atoms with Gasteiger partial charge in [-0.25, -0.2) is 4.98 Å². The minimum atomic E-state index is -0.329. The van der Waals surface area contributed by atoms with Crippen LogP contribution in [0, 0.1) is 13.8 Å². The molecule has 0 spiro atoms. The molecule has 1 aromatic heterocycles. The highest BCUT2D eigenvalue weighted by Crippen LogP contribution is 2.21. The van der Waals surface area contributed by atoms with Crippen molar-refractivity contribution in [1.29, 1.82) is 0 Å². The number of benzene rings is 2. The van der Waals surface area contributed by atoms with E-state index in [1.165, 1.54) is 5.56 Å². The molecular weight excluding hydrogens is 326 g/mol. The summed E-state index contributed by atoms with van der Waals surface area (Å²) in [6.07, 6.45) is 3.59. The summed E-state index contributed by atoms with van der Waals surface area (Å²) in [7, 11) is 1.92. The SMILES string of the molecule is Cc1ccc(OCC(=O)NC(c2ccc(C)cc2)c2nccn2C)cc1. The Kier molecular flexibility index (Phi) is 5.37. The Bertz CT molecular complexity index is 867. The van der Waals surface area contributed by atoms with Crippen molar-refractivity contribution in [3.63, 3.8) is 0 Å². The zero-order valence-electron chi connectivity index (χ0n) is 15.3. The maximum absolute atomic E-state index is 12.5. The van der Waals surface area contributed by atoms with Crippen molar-refractivity contribution in [2.45, 2.75) is 19.9 Å². The Balaban J connectivity index is 1.73. The number of hydrogen-bond donors (Lipinski definition) is 1. The summed E-state index contributed by atoms with van der Waals surface area (Å²) in [5, 5.41) is 3.03. The van der Waals surface area contributed by atoms with Crippen molar-refractivity contribution in [1.82, 2.24) is 14.9 Å². The van der Waals surface area contributed by atoms with Crippen LogP contribution in [0.5, 0.6) is 5.75 Å². The molecule has 3 aromatic rings. The second-order valence-corrected chi connectivity index (χ2v) is 6.41. The van der Waals surface area contributed by atoms with E-state index in [0.717, 1.165) is 17.0 Å². The van der Waals surface area contributed by atoms with Gasteiger partial charge in [-0.15, -0.1) is 0 Å². The lowest BCUT2D eigenvalue weighted by atomic mass is 10.0. The first kappa shape index (κ1) is 17.7. The van der Waals surface area contributed by atoms with E-state index in [0.29, 0.717) is 5.75 Å². The number of nitrogens with one attached hydrogen (secondary N) is 1. The molecule has 1 N–H and O–H groups in total. The van der Waals surface area contributed by atoms with Gasteiger partial charge in [0.2, 0.25) is 0 Å². The quantitative estimate of drug-likeness (QED) is 0.743. The summed E-state index contributed by atoms with van der Waals surface area (Å²) >= 11 is 0. The Morgan fingerprint density at radius 3 is 2.27 bits per heavy atom. The van der Waals surface area contributed by atoms with Crippen molar-refractivity contribution < 1.29 is 9.53 Å². The highest BCUT2D eigenvalue weighted by molar-refractivity contribution is 5.78. The molecule has 0 radical (unpaired) electrons. The van der Waals surface area contributed by atoms with Gasteiger partial charge in [0.1, 0.15) is 17.6 Å². The summed E-state index contributed by atoms with van der Waals surface area (Å²) in [4.78, 5) is 16.9. The molecule has 3 rings (SSSR count). The van der Waals surface area contributed by atoms with Crippen LogP contribution in [0.1, 0.15) is 28.6 Å². The number of nitrogens with zero attached hydrogens (tertiary/aromatic N) is 2. The lowest BCUT2D eigenvalue weighted by Gasteiger charge is -2.19. The average Bonchev–Trinajstić information content (AvgIpc) is 3.06. The summed E-state index contributed by atoms with van der Waals surface area (Å²) in [6.45, 7) is 4.00. The number of ether oxygens (including phenoxy) is 1. The third kappa shape index (κ3) is 4.30. The molecule has 134 valence electrons. The maximum Gasteiger partial charge on any atom is 0.258 e. The van der Waals surface area contributed by atoms with Crippen molar-refractivity contribution in [2.24, 2.45) is 7.05 Å². The van der Waals surface area contributed by atoms with Gasteiger partial charge in [0.05, 0.1) is 0 Å². The molecule has 1 atom stereocenters. The van der Waals surface area contributed by atoms with E-state index < -0.39 is 0 Å². The summed E-state index contributed by atoms with van der Waals surface area (Å²) in [5.41, 5.74) is 3.30. The molecule has 26 heavy (non-hydrogen) atoms. The minimum Gasteiger partial charge on any atom is -0.484 e. The van der Waals surface area contributed by atoms with Crippen LogP contribution < -0.4 is 10.1 Å². The zero-order chi connectivity index (χ0) is 18.5. The fourth-order valence-corrected chi connectivity index (χ4v) is 2.70. The third-order valence-corrected chi connectivity index (χ3v) is 4.22. The number of aryl methyl sites for hydroxylation is 3. The van der Waals surface area contributed by atoms with E-state index in [4.69, 9.17) is 4.74 Å². The molecule has 1 unspecified atom stereocenters. The second kappa shape index (κ2) is 7.87. The first-order chi connectivity index (χ1) is 12.5. The van der Waals surface area contributed by atoms with Crippen LogP contribution >= 0.6 is 0 Å². The number of carbonyl (C=O) groups is 1. The van der Waals surface area contributed by atoms with Crippen molar-refractivity contribution >= 4 is 5.91 Å². The van der Waals surface area contributed by atoms with E-state index >= 15 is 0 Å². The van der Waals surface area contributed by atoms with Gasteiger partial charge >= 0.3 is 0 Å². The molecular formula is C21H23N3O2. The van der Waals surface area contributed by atoms with E-state index in [1.54, 1.807) is 6.20 Å². The summed E-state index contributed by atoms with van der Waals surface area (Å²) in [5.74, 6) is 1.26. The van der Waals surface area contributed by atoms with Crippen LogP contribution in [0.25, 0.3) is 0 Å². The number of hydrogen-bond acceptors (Lipinski definition) is 3. The molecule has 0 fully saturated rings. The van der Waals surface area contributed by atoms with Gasteiger partial charge in [0.25, 0.3) is 5.91 Å². The fraction of sp³-hybridized carbons (Fsp3) is 0.238. The largest absolute Gasteiger partial charge is 0.484 e. The van der Waals surface area contributed by atoms with Crippen LogP contribution in [0.4, 0.5) is 0 Å². The molecule has 0 saturated heterocycles. The van der Waals surface area contributed by atoms with Crippen LogP contribution in [0.2, 0.25) is 0 Å². The van der Waals surface area contributed by atoms with Crippen LogP contribution in [0.15, 0.2) is 60.9 Å². The summed E-state index contributed by atoms with van der Waals surface area (Å²) < 4.78 is 7.50. The number of rotatable bonds is 6. The van der Waals surface area contributed by atoms with Gasteiger partial charge in [-0.2, -0.15) is 0 Å². The van der Waals surface area contributed by atoms with E-state index in [1.807, 2.05) is 80.2 Å². The molecule has 5 nitrogen and oxygen atoms in total. The maximum atomic E-state index is 12.5. The van der Waals surface area contributed by atoms with Crippen LogP contribution in [-0.4, -0.2) is 22.1 Å². The van der Waals surface area contributed by atoms with Gasteiger partial charge in [-0.3, -0.25) is 4.79 Å². The van der Waals surface area contributed by atoms with Crippen molar-refractivity contribution in [2.75, 3.05) is 6.61 Å². The monoisotopic (exact) mass is 349 g/mol. The first-order valence-electron chi connectivity index (χ1n) is 8.55. The molecule has 0 aliphatic carbocycles. The van der Waals surface area contributed by atoms with Gasteiger partial charge in [0, 0.05) is 19.4 Å². The molecule has 2 aromatic carbocycles. The molecule has 0 aliphatic rings. The number of aromatic nitrogens is 2. The summed E-state index contributed by atoms with van der Waals surface area (Å²) in [6, 6.07) is 15.4. The highest BCUT2D eigenvalue weighted by Gasteiger charge is 2.20. The Morgan fingerprint density at radius 1 is 1.08 bits per heavy atom. The normalized spacial score (nSPS) is 11.8. The number of amides is 1. The standard InChI is InChI=1S/C21H23N3O2/c1-15-4-8-17(9-5-15)20(21-22-12-13-24(21)3)23-19(25)14-26-18-10-6-16(2)7-11-18/h4-13,20H,14H2,1-3H3,(H,23,25). The first-order valence-corrected chi connectivity index (χ1v) is 8.55. The number of imidazole rings is 1. The molecule has 1 heterocycles. The van der Waals surface area contributed by atoms with Crippen LogP contribution in [-0.2, 0) is 11.8 Å². The van der Waals surface area contributed by atoms with Gasteiger partial charge < -0.3 is 14.6 Å². The second-order valence-electron chi connectivity index (χ2n) is 6.41. The van der Waals surface area contributed by atoms with Gasteiger partial charge in [0.15, 0.2) is 6.61 Å². The van der Waals surface area contributed by atoms with Gasteiger partial charge in [-0.1, -0.05) is 47.5 Å². The lowest BCUT2D eigenvalue weighted by Crippen LogP contribution is -2.34. The minimum absolute atomic E-state index is 0.0458. The lowest BCUT2D eigenvalue weighted by molar-refractivity contribution is -0.123. The van der Waals surface area contributed by atoms with E-state index in [-0.39, 0.29) is 18.6 Å².